The number of ether oxygens (including phenoxy) is 1. The molecule has 0 aliphatic heterocycles. The van der Waals surface area contributed by atoms with Gasteiger partial charge in [-0.1, -0.05) is 39.0 Å². The summed E-state index contributed by atoms with van der Waals surface area (Å²) in [6.45, 7) is 7.11. The van der Waals surface area contributed by atoms with Crippen LogP contribution in [0.2, 0.25) is 0 Å². The van der Waals surface area contributed by atoms with Crippen molar-refractivity contribution in [3.8, 4) is 0 Å². The smallest absolute Gasteiger partial charge is 0.226 e. The van der Waals surface area contributed by atoms with Crippen LogP contribution < -0.4 is 10.6 Å². The lowest BCUT2D eigenvalue weighted by molar-refractivity contribution is -0.115. The molecule has 2 rings (SSSR count). The highest BCUT2D eigenvalue weighted by molar-refractivity contribution is 5.90. The molecule has 0 spiro atoms. The van der Waals surface area contributed by atoms with E-state index in [2.05, 4.69) is 41.4 Å². The Bertz CT molecular complexity index is 696. The highest BCUT2D eigenvalue weighted by atomic mass is 16.5. The third-order valence-corrected chi connectivity index (χ3v) is 3.46. The molecule has 6 nitrogen and oxygen atoms in total. The summed E-state index contributed by atoms with van der Waals surface area (Å²) in [5.74, 6) is 1.42. The molecular formula is C19H26N4O2. The first-order valence-corrected chi connectivity index (χ1v) is 8.34. The normalized spacial score (nSPS) is 11.2. The Morgan fingerprint density at radius 1 is 1.16 bits per heavy atom. The Labute approximate surface area is 149 Å². The minimum atomic E-state index is -0.162. The standard InChI is InChI=1S/C19H26N4O2/c1-19(2,3)18-22-15(13-25-4)12-16(23-18)20-11-10-17(24)21-14-8-6-5-7-9-14/h5-9,12H,10-11,13H2,1-4H3,(H,21,24)(H,20,22,23). The Kier molecular flexibility index (Phi) is 6.47. The molecule has 0 bridgehead atoms. The Morgan fingerprint density at radius 3 is 2.52 bits per heavy atom. The largest absolute Gasteiger partial charge is 0.378 e. The molecule has 1 amide bonds. The molecule has 1 heterocycles. The van der Waals surface area contributed by atoms with Crippen molar-refractivity contribution in [1.29, 1.82) is 0 Å². The SMILES string of the molecule is COCc1cc(NCCC(=O)Nc2ccccc2)nc(C(C)(C)C)n1. The fourth-order valence-corrected chi connectivity index (χ4v) is 2.19. The van der Waals surface area contributed by atoms with Crippen molar-refractivity contribution in [2.75, 3.05) is 24.3 Å². The van der Waals surface area contributed by atoms with E-state index in [4.69, 9.17) is 4.74 Å². The van der Waals surface area contributed by atoms with Crippen molar-refractivity contribution in [2.45, 2.75) is 39.2 Å². The van der Waals surface area contributed by atoms with Gasteiger partial charge in [-0.15, -0.1) is 0 Å². The van der Waals surface area contributed by atoms with Gasteiger partial charge in [0.15, 0.2) is 0 Å². The van der Waals surface area contributed by atoms with Gasteiger partial charge in [0.05, 0.1) is 12.3 Å². The second-order valence-corrected chi connectivity index (χ2v) is 6.84. The second kappa shape index (κ2) is 8.58. The molecule has 2 N–H and O–H groups in total. The van der Waals surface area contributed by atoms with Crippen LogP contribution in [-0.4, -0.2) is 29.5 Å². The molecule has 0 fully saturated rings. The summed E-state index contributed by atoms with van der Waals surface area (Å²) >= 11 is 0. The molecule has 1 aromatic heterocycles. The summed E-state index contributed by atoms with van der Waals surface area (Å²) in [6.07, 6.45) is 0.351. The zero-order valence-electron chi connectivity index (χ0n) is 15.3. The average Bonchev–Trinajstić information content (AvgIpc) is 2.55. The number of nitrogens with one attached hydrogen (secondary N) is 2. The molecule has 0 atom stereocenters. The van der Waals surface area contributed by atoms with Gasteiger partial charge in [0.25, 0.3) is 0 Å². The van der Waals surface area contributed by atoms with Gasteiger partial charge in [0, 0.05) is 37.2 Å². The number of para-hydroxylation sites is 1. The van der Waals surface area contributed by atoms with Crippen LogP contribution in [0.1, 0.15) is 38.7 Å². The number of amides is 1. The van der Waals surface area contributed by atoms with Crippen LogP contribution in [0.4, 0.5) is 11.5 Å². The molecule has 25 heavy (non-hydrogen) atoms. The van der Waals surface area contributed by atoms with E-state index in [1.807, 2.05) is 36.4 Å². The highest BCUT2D eigenvalue weighted by Gasteiger charge is 2.19. The maximum absolute atomic E-state index is 12.0. The zero-order valence-corrected chi connectivity index (χ0v) is 15.3. The lowest BCUT2D eigenvalue weighted by atomic mass is 9.95. The Morgan fingerprint density at radius 2 is 1.88 bits per heavy atom. The molecule has 0 unspecified atom stereocenters. The topological polar surface area (TPSA) is 76.1 Å². The number of benzene rings is 1. The van der Waals surface area contributed by atoms with Crippen molar-refractivity contribution in [2.24, 2.45) is 0 Å². The summed E-state index contributed by atoms with van der Waals surface area (Å²) < 4.78 is 5.18. The van der Waals surface area contributed by atoms with Gasteiger partial charge in [-0.2, -0.15) is 0 Å². The summed E-state index contributed by atoms with van der Waals surface area (Å²) in [5, 5.41) is 6.07. The first kappa shape index (κ1) is 18.9. The van der Waals surface area contributed by atoms with Gasteiger partial charge in [-0.3, -0.25) is 4.79 Å². The number of carbonyl (C=O) groups excluding carboxylic acids is 1. The molecule has 0 saturated carbocycles. The predicted octanol–water partition coefficient (Wildman–Crippen LogP) is 3.36. The average molecular weight is 342 g/mol. The number of carbonyl (C=O) groups is 1. The number of aromatic nitrogens is 2. The predicted molar refractivity (Wildman–Crippen MR) is 99.6 cm³/mol. The zero-order chi connectivity index (χ0) is 18.3. The number of rotatable bonds is 7. The van der Waals surface area contributed by atoms with E-state index in [9.17, 15) is 4.79 Å². The number of hydrogen-bond acceptors (Lipinski definition) is 5. The lowest BCUT2D eigenvalue weighted by Gasteiger charge is -2.19. The van der Waals surface area contributed by atoms with Crippen LogP contribution in [0, 0.1) is 0 Å². The van der Waals surface area contributed by atoms with E-state index >= 15 is 0 Å². The monoisotopic (exact) mass is 342 g/mol. The summed E-state index contributed by atoms with van der Waals surface area (Å²) in [7, 11) is 1.64. The van der Waals surface area contributed by atoms with Gasteiger partial charge in [-0.25, -0.2) is 9.97 Å². The number of methoxy groups -OCH3 is 1. The number of nitrogens with zero attached hydrogens (tertiary/aromatic N) is 2. The molecule has 0 aliphatic rings. The van der Waals surface area contributed by atoms with Crippen LogP contribution in [0.5, 0.6) is 0 Å². The minimum absolute atomic E-state index is 0.0408. The van der Waals surface area contributed by atoms with Gasteiger partial charge in [0.2, 0.25) is 5.91 Å². The first-order chi connectivity index (χ1) is 11.9. The second-order valence-electron chi connectivity index (χ2n) is 6.84. The van der Waals surface area contributed by atoms with Gasteiger partial charge < -0.3 is 15.4 Å². The number of hydrogen-bond donors (Lipinski definition) is 2. The fourth-order valence-electron chi connectivity index (χ4n) is 2.19. The van der Waals surface area contributed by atoms with Gasteiger partial charge in [-0.05, 0) is 12.1 Å². The third-order valence-electron chi connectivity index (χ3n) is 3.46. The van der Waals surface area contributed by atoms with Crippen molar-refractivity contribution in [1.82, 2.24) is 9.97 Å². The summed E-state index contributed by atoms with van der Waals surface area (Å²) in [6, 6.07) is 11.3. The van der Waals surface area contributed by atoms with E-state index in [1.54, 1.807) is 7.11 Å². The van der Waals surface area contributed by atoms with Crippen molar-refractivity contribution < 1.29 is 9.53 Å². The first-order valence-electron chi connectivity index (χ1n) is 8.34. The van der Waals surface area contributed by atoms with E-state index < -0.39 is 0 Å². The van der Waals surface area contributed by atoms with E-state index in [0.717, 1.165) is 17.2 Å². The third kappa shape index (κ3) is 6.15. The van der Waals surface area contributed by atoms with Crippen LogP contribution in [0.15, 0.2) is 36.4 Å². The summed E-state index contributed by atoms with van der Waals surface area (Å²) in [5.41, 5.74) is 1.45. The maximum atomic E-state index is 12.0. The van der Waals surface area contributed by atoms with E-state index in [0.29, 0.717) is 25.4 Å². The van der Waals surface area contributed by atoms with Crippen LogP contribution >= 0.6 is 0 Å². The van der Waals surface area contributed by atoms with Crippen LogP contribution in [-0.2, 0) is 21.6 Å². The van der Waals surface area contributed by atoms with Crippen molar-refractivity contribution in [3.63, 3.8) is 0 Å². The van der Waals surface area contributed by atoms with Gasteiger partial charge in [0.1, 0.15) is 11.6 Å². The van der Waals surface area contributed by atoms with Crippen molar-refractivity contribution in [3.05, 3.63) is 47.9 Å². The molecule has 0 radical (unpaired) electrons. The Hall–Kier alpha value is -2.47. The molecule has 2 aromatic rings. The highest BCUT2D eigenvalue weighted by Crippen LogP contribution is 2.20. The maximum Gasteiger partial charge on any atom is 0.226 e. The molecule has 134 valence electrons. The van der Waals surface area contributed by atoms with Crippen LogP contribution in [0.3, 0.4) is 0 Å². The quantitative estimate of drug-likeness (QED) is 0.807. The van der Waals surface area contributed by atoms with Crippen LogP contribution in [0.25, 0.3) is 0 Å². The molecule has 6 heteroatoms. The minimum Gasteiger partial charge on any atom is -0.378 e. The lowest BCUT2D eigenvalue weighted by Crippen LogP contribution is -2.20. The molecule has 0 saturated heterocycles. The molecule has 1 aromatic carbocycles. The van der Waals surface area contributed by atoms with E-state index in [1.165, 1.54) is 0 Å². The number of anilines is 2. The van der Waals surface area contributed by atoms with Crippen molar-refractivity contribution >= 4 is 17.4 Å². The molecular weight excluding hydrogens is 316 g/mol. The van der Waals surface area contributed by atoms with Gasteiger partial charge >= 0.3 is 0 Å². The Balaban J connectivity index is 1.95. The van der Waals surface area contributed by atoms with E-state index in [-0.39, 0.29) is 11.3 Å². The summed E-state index contributed by atoms with van der Waals surface area (Å²) in [4.78, 5) is 21.1. The fraction of sp³-hybridized carbons (Fsp3) is 0.421. The molecule has 0 aliphatic carbocycles.